The van der Waals surface area contributed by atoms with Crippen LogP contribution in [0.4, 0.5) is 5.69 Å². The summed E-state index contributed by atoms with van der Waals surface area (Å²) in [6.07, 6.45) is 0. The Morgan fingerprint density at radius 2 is 1.88 bits per heavy atom. The van der Waals surface area contributed by atoms with Gasteiger partial charge in [0.05, 0.1) is 12.3 Å². The number of nitrogen functional groups attached to an aromatic ring is 1. The van der Waals surface area contributed by atoms with Gasteiger partial charge in [0.25, 0.3) is 0 Å². The van der Waals surface area contributed by atoms with E-state index in [9.17, 15) is 0 Å². The zero-order valence-electron chi connectivity index (χ0n) is 10.2. The fraction of sp³-hybridized carbons (Fsp3) is 0.200. The largest absolute Gasteiger partial charge is 0.492 e. The van der Waals surface area contributed by atoms with Crippen LogP contribution in [0, 0.1) is 6.92 Å². The van der Waals surface area contributed by atoms with Crippen LogP contribution in [0.25, 0.3) is 11.1 Å². The molecule has 17 heavy (non-hydrogen) atoms. The molecule has 0 fully saturated rings. The minimum absolute atomic E-state index is 0.633. The standard InChI is InChI=1S/C15H17NO/c1-3-17-15-9-8-12(10-14(15)16)13-7-5-4-6-11(13)2/h4-10H,3,16H2,1-2H3. The molecule has 2 N–H and O–H groups in total. The second-order valence-corrected chi connectivity index (χ2v) is 4.00. The van der Waals surface area contributed by atoms with E-state index in [0.717, 1.165) is 11.3 Å². The Morgan fingerprint density at radius 1 is 1.12 bits per heavy atom. The van der Waals surface area contributed by atoms with Gasteiger partial charge in [-0.1, -0.05) is 30.3 Å². The fourth-order valence-electron chi connectivity index (χ4n) is 1.90. The van der Waals surface area contributed by atoms with Gasteiger partial charge in [-0.2, -0.15) is 0 Å². The van der Waals surface area contributed by atoms with Crippen molar-refractivity contribution in [2.45, 2.75) is 13.8 Å². The lowest BCUT2D eigenvalue weighted by Gasteiger charge is -2.10. The zero-order chi connectivity index (χ0) is 12.3. The third kappa shape index (κ3) is 2.41. The minimum atomic E-state index is 0.633. The molecule has 0 spiro atoms. The topological polar surface area (TPSA) is 35.2 Å². The smallest absolute Gasteiger partial charge is 0.142 e. The van der Waals surface area contributed by atoms with Crippen LogP contribution in [0.5, 0.6) is 5.75 Å². The van der Waals surface area contributed by atoms with E-state index in [4.69, 9.17) is 10.5 Å². The summed E-state index contributed by atoms with van der Waals surface area (Å²) in [5.74, 6) is 0.754. The van der Waals surface area contributed by atoms with E-state index in [1.807, 2.05) is 37.3 Å². The third-order valence-corrected chi connectivity index (χ3v) is 2.77. The van der Waals surface area contributed by atoms with E-state index in [2.05, 4.69) is 19.1 Å². The number of anilines is 1. The van der Waals surface area contributed by atoms with Crippen LogP contribution in [-0.2, 0) is 0 Å². The van der Waals surface area contributed by atoms with Gasteiger partial charge in [0.15, 0.2) is 0 Å². The van der Waals surface area contributed by atoms with Crippen molar-refractivity contribution in [3.8, 4) is 16.9 Å². The highest BCUT2D eigenvalue weighted by molar-refractivity contribution is 5.72. The Kier molecular flexibility index (Phi) is 3.33. The second kappa shape index (κ2) is 4.91. The van der Waals surface area contributed by atoms with Crippen molar-refractivity contribution >= 4 is 5.69 Å². The molecule has 0 aliphatic heterocycles. The normalized spacial score (nSPS) is 10.2. The second-order valence-electron chi connectivity index (χ2n) is 4.00. The van der Waals surface area contributed by atoms with Crippen LogP contribution in [0.3, 0.4) is 0 Å². The molecule has 0 unspecified atom stereocenters. The number of benzene rings is 2. The molecule has 0 saturated carbocycles. The molecule has 0 saturated heterocycles. The molecule has 0 aliphatic carbocycles. The Morgan fingerprint density at radius 3 is 2.53 bits per heavy atom. The number of rotatable bonds is 3. The molecule has 2 aromatic rings. The Hall–Kier alpha value is -1.96. The van der Waals surface area contributed by atoms with E-state index in [-0.39, 0.29) is 0 Å². The monoisotopic (exact) mass is 227 g/mol. The molecule has 0 amide bonds. The summed E-state index contributed by atoms with van der Waals surface area (Å²) >= 11 is 0. The molecule has 0 radical (unpaired) electrons. The summed E-state index contributed by atoms with van der Waals surface area (Å²) in [5.41, 5.74) is 10.2. The van der Waals surface area contributed by atoms with Crippen LogP contribution in [0.15, 0.2) is 42.5 Å². The molecule has 2 aromatic carbocycles. The molecule has 0 heterocycles. The van der Waals surface area contributed by atoms with Crippen molar-refractivity contribution in [1.82, 2.24) is 0 Å². The summed E-state index contributed by atoms with van der Waals surface area (Å²) in [6, 6.07) is 14.2. The van der Waals surface area contributed by atoms with Crippen molar-refractivity contribution in [2.24, 2.45) is 0 Å². The van der Waals surface area contributed by atoms with Gasteiger partial charge in [0, 0.05) is 0 Å². The number of hydrogen-bond acceptors (Lipinski definition) is 2. The maximum atomic E-state index is 5.97. The molecular formula is C15H17NO. The summed E-state index contributed by atoms with van der Waals surface area (Å²) in [7, 11) is 0. The van der Waals surface area contributed by atoms with E-state index >= 15 is 0 Å². The predicted octanol–water partition coefficient (Wildman–Crippen LogP) is 3.64. The van der Waals surface area contributed by atoms with Gasteiger partial charge >= 0.3 is 0 Å². The molecular weight excluding hydrogens is 210 g/mol. The van der Waals surface area contributed by atoms with Gasteiger partial charge in [-0.15, -0.1) is 0 Å². The molecule has 0 aromatic heterocycles. The van der Waals surface area contributed by atoms with Gasteiger partial charge in [0.2, 0.25) is 0 Å². The summed E-state index contributed by atoms with van der Waals surface area (Å²) in [6.45, 7) is 4.69. The highest BCUT2D eigenvalue weighted by Crippen LogP contribution is 2.30. The maximum absolute atomic E-state index is 5.97. The van der Waals surface area contributed by atoms with Gasteiger partial charge in [0.1, 0.15) is 5.75 Å². The molecule has 0 atom stereocenters. The van der Waals surface area contributed by atoms with Crippen molar-refractivity contribution in [3.05, 3.63) is 48.0 Å². The molecule has 2 heteroatoms. The lowest BCUT2D eigenvalue weighted by atomic mass is 10.0. The van der Waals surface area contributed by atoms with Crippen molar-refractivity contribution < 1.29 is 4.74 Å². The Balaban J connectivity index is 2.41. The van der Waals surface area contributed by atoms with E-state index in [1.165, 1.54) is 11.1 Å². The lowest BCUT2D eigenvalue weighted by molar-refractivity contribution is 0.342. The highest BCUT2D eigenvalue weighted by atomic mass is 16.5. The highest BCUT2D eigenvalue weighted by Gasteiger charge is 2.05. The first-order valence-electron chi connectivity index (χ1n) is 5.80. The first kappa shape index (κ1) is 11.5. The average Bonchev–Trinajstić information content (AvgIpc) is 2.33. The van der Waals surface area contributed by atoms with Crippen LogP contribution >= 0.6 is 0 Å². The predicted molar refractivity (Wildman–Crippen MR) is 72.2 cm³/mol. The SMILES string of the molecule is CCOc1ccc(-c2ccccc2C)cc1N. The first-order chi connectivity index (χ1) is 8.22. The molecule has 0 bridgehead atoms. The number of ether oxygens (including phenoxy) is 1. The van der Waals surface area contributed by atoms with E-state index in [1.54, 1.807) is 0 Å². The summed E-state index contributed by atoms with van der Waals surface area (Å²) in [4.78, 5) is 0. The number of hydrogen-bond donors (Lipinski definition) is 1. The quantitative estimate of drug-likeness (QED) is 0.812. The van der Waals surface area contributed by atoms with Crippen LogP contribution < -0.4 is 10.5 Å². The average molecular weight is 227 g/mol. The van der Waals surface area contributed by atoms with Gasteiger partial charge in [-0.25, -0.2) is 0 Å². The summed E-state index contributed by atoms with van der Waals surface area (Å²) < 4.78 is 5.43. The maximum Gasteiger partial charge on any atom is 0.142 e. The number of aryl methyl sites for hydroxylation is 1. The fourth-order valence-corrected chi connectivity index (χ4v) is 1.90. The first-order valence-corrected chi connectivity index (χ1v) is 5.80. The third-order valence-electron chi connectivity index (χ3n) is 2.77. The Bertz CT molecular complexity index is 520. The lowest BCUT2D eigenvalue weighted by Crippen LogP contribution is -1.97. The van der Waals surface area contributed by atoms with E-state index in [0.29, 0.717) is 12.3 Å². The van der Waals surface area contributed by atoms with Crippen molar-refractivity contribution in [2.75, 3.05) is 12.3 Å². The minimum Gasteiger partial charge on any atom is -0.492 e. The van der Waals surface area contributed by atoms with Gasteiger partial charge < -0.3 is 10.5 Å². The van der Waals surface area contributed by atoms with E-state index < -0.39 is 0 Å². The van der Waals surface area contributed by atoms with Gasteiger partial charge in [-0.05, 0) is 42.7 Å². The van der Waals surface area contributed by atoms with Crippen LogP contribution in [-0.4, -0.2) is 6.61 Å². The van der Waals surface area contributed by atoms with Crippen molar-refractivity contribution in [1.29, 1.82) is 0 Å². The summed E-state index contributed by atoms with van der Waals surface area (Å²) in [5, 5.41) is 0. The number of nitrogens with two attached hydrogens (primary N) is 1. The van der Waals surface area contributed by atoms with Gasteiger partial charge in [-0.3, -0.25) is 0 Å². The molecule has 2 rings (SSSR count). The Labute approximate surface area is 102 Å². The molecule has 88 valence electrons. The molecule has 2 nitrogen and oxygen atoms in total. The zero-order valence-corrected chi connectivity index (χ0v) is 10.2. The molecule has 0 aliphatic rings. The van der Waals surface area contributed by atoms with Crippen molar-refractivity contribution in [3.63, 3.8) is 0 Å². The van der Waals surface area contributed by atoms with Crippen LogP contribution in [0.2, 0.25) is 0 Å². The van der Waals surface area contributed by atoms with Crippen LogP contribution in [0.1, 0.15) is 12.5 Å².